The second kappa shape index (κ2) is 9.90. The number of aromatic nitrogens is 3. The molecule has 0 saturated carbocycles. The number of aromatic amines is 1. The van der Waals surface area contributed by atoms with Gasteiger partial charge in [0.1, 0.15) is 11.4 Å². The van der Waals surface area contributed by atoms with Crippen LogP contribution in [0.3, 0.4) is 0 Å². The molecule has 3 aromatic heterocycles. The Morgan fingerprint density at radius 2 is 1.95 bits per heavy atom. The van der Waals surface area contributed by atoms with Crippen molar-refractivity contribution in [2.75, 3.05) is 26.7 Å². The van der Waals surface area contributed by atoms with Gasteiger partial charge in [0, 0.05) is 46.9 Å². The Bertz CT molecular complexity index is 2050. The maximum atomic E-state index is 14.1. The first-order chi connectivity index (χ1) is 19.5. The van der Waals surface area contributed by atoms with E-state index in [-0.39, 0.29) is 23.1 Å². The fourth-order valence-electron chi connectivity index (χ4n) is 5.43. The second-order valence-corrected chi connectivity index (χ2v) is 11.7. The number of likely N-dealkylation sites (tertiary alicyclic amines) is 1. The van der Waals surface area contributed by atoms with Crippen LogP contribution in [0.15, 0.2) is 53.6 Å². The summed E-state index contributed by atoms with van der Waals surface area (Å²) in [7, 11) is -3.22. The minimum absolute atomic E-state index is 0.0746. The number of nitrogens with zero attached hydrogens (tertiary/aromatic N) is 3. The predicted molar refractivity (Wildman–Crippen MR) is 156 cm³/mol. The molecule has 4 heterocycles. The molecule has 9 nitrogen and oxygen atoms in total. The number of rotatable bonds is 7. The van der Waals surface area contributed by atoms with Gasteiger partial charge in [-0.1, -0.05) is 29.7 Å². The Labute approximate surface area is 235 Å². The van der Waals surface area contributed by atoms with Crippen molar-refractivity contribution >= 4 is 43.3 Å². The molecule has 1 N–H and O–H groups in total. The quantitative estimate of drug-likeness (QED) is 0.220. The Balaban J connectivity index is 1.68. The van der Waals surface area contributed by atoms with E-state index in [4.69, 9.17) is 11.2 Å². The first kappa shape index (κ1) is 26.8. The zero-order valence-corrected chi connectivity index (χ0v) is 23.5. The Hall–Kier alpha value is -4.40. The fourth-order valence-corrected chi connectivity index (χ4v) is 5.75. The van der Waals surface area contributed by atoms with Gasteiger partial charge in [-0.2, -0.15) is 8.42 Å². The fraction of sp³-hybridized carbons (Fsp3) is 0.267. The van der Waals surface area contributed by atoms with Gasteiger partial charge in [0.05, 0.1) is 35.1 Å². The number of benzene rings is 2. The largest absolute Gasteiger partial charge is 0.493 e. The van der Waals surface area contributed by atoms with E-state index in [1.807, 2.05) is 45.2 Å². The molecule has 1 saturated heterocycles. The van der Waals surface area contributed by atoms with Gasteiger partial charge in [0.2, 0.25) is 0 Å². The van der Waals surface area contributed by atoms with E-state index in [0.717, 1.165) is 30.2 Å². The van der Waals surface area contributed by atoms with E-state index in [1.54, 1.807) is 6.07 Å². The summed E-state index contributed by atoms with van der Waals surface area (Å²) in [6.07, 6.45) is 8.24. The first-order valence-corrected chi connectivity index (χ1v) is 14.4. The van der Waals surface area contributed by atoms with Gasteiger partial charge in [0.25, 0.3) is 0 Å². The minimum atomic E-state index is -5.25. The molecule has 1 aliphatic rings. The molecule has 0 radical (unpaired) electrons. The second-order valence-electron chi connectivity index (χ2n) is 10.8. The molecule has 210 valence electrons. The van der Waals surface area contributed by atoms with Gasteiger partial charge in [-0.15, -0.1) is 6.42 Å². The van der Waals surface area contributed by atoms with Crippen LogP contribution in [0.1, 0.15) is 25.5 Å². The summed E-state index contributed by atoms with van der Waals surface area (Å²) >= 11 is 0. The molecule has 0 spiro atoms. The molecule has 2 aromatic carbocycles. The normalized spacial score (nSPS) is 14.5. The van der Waals surface area contributed by atoms with E-state index in [1.165, 1.54) is 12.3 Å². The zero-order valence-electron chi connectivity index (χ0n) is 22.6. The van der Waals surface area contributed by atoms with Crippen molar-refractivity contribution in [3.8, 4) is 35.0 Å². The molecule has 41 heavy (non-hydrogen) atoms. The summed E-state index contributed by atoms with van der Waals surface area (Å²) in [6.45, 7) is 5.93. The number of nitrogens with one attached hydrogen (secondary N) is 1. The maximum absolute atomic E-state index is 14.1. The van der Waals surface area contributed by atoms with Crippen molar-refractivity contribution in [2.45, 2.75) is 19.9 Å². The number of fused-ring (bicyclic) bond motifs is 4. The topological polar surface area (TPSA) is 107 Å². The lowest BCUT2D eigenvalue weighted by molar-refractivity contribution is 0.146. The molecule has 0 amide bonds. The number of H-pyrrole nitrogens is 1. The van der Waals surface area contributed by atoms with Gasteiger partial charge in [0.15, 0.2) is 11.2 Å². The summed E-state index contributed by atoms with van der Waals surface area (Å²) in [6, 6.07) is 10.6. The molecule has 0 atom stereocenters. The SMILES string of the molecule is C#Cc1ccc2c(c1)[nH]c1c2c(=O)c2cc(OCC(C)C)c(-c3cncc(OS(=O)(=O)F)c3)cc2n1C1CN(C)C1. The van der Waals surface area contributed by atoms with Crippen LogP contribution in [0.2, 0.25) is 0 Å². The number of terminal acetylenes is 1. The van der Waals surface area contributed by atoms with Crippen LogP contribution >= 0.6 is 0 Å². The number of halogens is 1. The van der Waals surface area contributed by atoms with E-state index in [0.29, 0.717) is 51.0 Å². The predicted octanol–water partition coefficient (Wildman–Crippen LogP) is 4.79. The monoisotopic (exact) mass is 574 g/mol. The summed E-state index contributed by atoms with van der Waals surface area (Å²) in [4.78, 5) is 23.8. The van der Waals surface area contributed by atoms with Crippen LogP contribution in [0, 0.1) is 18.3 Å². The molecular formula is C30H27FN4O5S. The van der Waals surface area contributed by atoms with Crippen LogP contribution in [0.5, 0.6) is 11.5 Å². The first-order valence-electron chi connectivity index (χ1n) is 13.1. The van der Waals surface area contributed by atoms with Crippen LogP contribution in [-0.2, 0) is 10.5 Å². The summed E-state index contributed by atoms with van der Waals surface area (Å²) in [5.41, 5.74) is 3.66. The molecule has 0 unspecified atom stereocenters. The highest BCUT2D eigenvalue weighted by Gasteiger charge is 2.30. The van der Waals surface area contributed by atoms with Crippen molar-refractivity contribution < 1.29 is 21.2 Å². The lowest BCUT2D eigenvalue weighted by Crippen LogP contribution is -2.45. The molecular weight excluding hydrogens is 547 g/mol. The molecule has 6 rings (SSSR count). The lowest BCUT2D eigenvalue weighted by Gasteiger charge is -2.39. The van der Waals surface area contributed by atoms with Gasteiger partial charge < -0.3 is 23.4 Å². The summed E-state index contributed by atoms with van der Waals surface area (Å²) in [5, 5.41) is 1.82. The summed E-state index contributed by atoms with van der Waals surface area (Å²) < 4.78 is 48.3. The minimum Gasteiger partial charge on any atom is -0.493 e. The van der Waals surface area contributed by atoms with Crippen molar-refractivity contribution in [1.82, 2.24) is 19.4 Å². The van der Waals surface area contributed by atoms with Crippen LogP contribution in [0.25, 0.3) is 44.0 Å². The molecule has 5 aromatic rings. The third-order valence-electron chi connectivity index (χ3n) is 7.22. The average Bonchev–Trinajstić information content (AvgIpc) is 3.28. The number of pyridine rings is 2. The van der Waals surface area contributed by atoms with Gasteiger partial charge in [-0.3, -0.25) is 9.78 Å². The average molecular weight is 575 g/mol. The van der Waals surface area contributed by atoms with Gasteiger partial charge in [-0.25, -0.2) is 0 Å². The van der Waals surface area contributed by atoms with E-state index >= 15 is 0 Å². The van der Waals surface area contributed by atoms with Crippen molar-refractivity contribution in [1.29, 1.82) is 0 Å². The Morgan fingerprint density at radius 1 is 1.17 bits per heavy atom. The number of hydrogen-bond acceptors (Lipinski definition) is 7. The van der Waals surface area contributed by atoms with Crippen molar-refractivity contribution in [3.05, 3.63) is 64.6 Å². The zero-order chi connectivity index (χ0) is 29.1. The van der Waals surface area contributed by atoms with Crippen molar-refractivity contribution in [2.24, 2.45) is 5.92 Å². The third kappa shape index (κ3) is 4.90. The summed E-state index contributed by atoms with van der Waals surface area (Å²) in [5.74, 6) is 2.96. The van der Waals surface area contributed by atoms with E-state index in [2.05, 4.69) is 29.5 Å². The van der Waals surface area contributed by atoms with Gasteiger partial charge >= 0.3 is 10.5 Å². The third-order valence-corrected chi connectivity index (χ3v) is 7.61. The highest BCUT2D eigenvalue weighted by Crippen LogP contribution is 2.39. The number of ether oxygens (including phenoxy) is 1. The smallest absolute Gasteiger partial charge is 0.488 e. The standard InChI is InChI=1S/C30H27FN4O5S/c1-5-18-6-7-22-25(8-18)33-30-28(22)29(36)24-11-27(39-16-17(2)3)23(10-26(24)35(30)20-14-34(4)15-20)19-9-21(13-32-12-19)40-41(31,37)38/h1,6-13,17,20,33H,14-16H2,2-4H3. The molecule has 0 bridgehead atoms. The molecule has 1 fully saturated rings. The van der Waals surface area contributed by atoms with E-state index in [9.17, 15) is 17.1 Å². The lowest BCUT2D eigenvalue weighted by atomic mass is 10.00. The highest BCUT2D eigenvalue weighted by molar-refractivity contribution is 7.81. The highest BCUT2D eigenvalue weighted by atomic mass is 32.3. The Morgan fingerprint density at radius 3 is 2.63 bits per heavy atom. The Kier molecular flexibility index (Phi) is 6.47. The van der Waals surface area contributed by atoms with Gasteiger partial charge in [-0.05, 0) is 43.3 Å². The van der Waals surface area contributed by atoms with E-state index < -0.39 is 10.5 Å². The molecule has 0 aliphatic carbocycles. The van der Waals surface area contributed by atoms with Crippen LogP contribution in [0.4, 0.5) is 3.89 Å². The molecule has 1 aliphatic heterocycles. The number of hydrogen-bond donors (Lipinski definition) is 1. The van der Waals surface area contributed by atoms with Crippen LogP contribution in [-0.4, -0.2) is 54.6 Å². The number of likely N-dealkylation sites (N-methyl/N-ethyl adjacent to an activating group) is 1. The maximum Gasteiger partial charge on any atom is 0.488 e. The van der Waals surface area contributed by atoms with Crippen LogP contribution < -0.4 is 14.3 Å². The molecule has 11 heteroatoms. The van der Waals surface area contributed by atoms with Crippen molar-refractivity contribution in [3.63, 3.8) is 0 Å².